The van der Waals surface area contributed by atoms with Crippen molar-refractivity contribution in [3.63, 3.8) is 0 Å². The van der Waals surface area contributed by atoms with Gasteiger partial charge in [-0.2, -0.15) is 9.61 Å². The first-order chi connectivity index (χ1) is 13.2. The molecule has 0 spiro atoms. The Kier molecular flexibility index (Phi) is 4.54. The number of fused-ring (bicyclic) bond motifs is 1. The van der Waals surface area contributed by atoms with Crippen LogP contribution in [0.4, 0.5) is 5.69 Å². The summed E-state index contributed by atoms with van der Waals surface area (Å²) in [5.41, 5.74) is 3.86. The molecule has 8 heteroatoms. The van der Waals surface area contributed by atoms with E-state index in [-0.39, 0.29) is 12.5 Å². The maximum Gasteiger partial charge on any atom is 0.250 e. The lowest BCUT2D eigenvalue weighted by Crippen LogP contribution is -2.16. The molecule has 3 aromatic heterocycles. The number of hydrogen-bond acceptors (Lipinski definition) is 6. The average Bonchev–Trinajstić information content (AvgIpc) is 3.12. The number of hydrogen-bond donors (Lipinski definition) is 1. The summed E-state index contributed by atoms with van der Waals surface area (Å²) in [5.74, 6) is 0.429. The predicted octanol–water partition coefficient (Wildman–Crippen LogP) is 2.44. The van der Waals surface area contributed by atoms with Crippen molar-refractivity contribution in [2.45, 2.75) is 0 Å². The minimum atomic E-state index is -0.199. The number of carbonyl (C=O) groups excluding carboxylic acids is 1. The summed E-state index contributed by atoms with van der Waals surface area (Å²) in [6, 6.07) is 14.9. The molecule has 4 rings (SSSR count). The number of carbonyl (C=O) groups is 1. The lowest BCUT2D eigenvalue weighted by molar-refractivity contribution is -0.119. The molecule has 0 fully saturated rings. The third-order valence-corrected chi connectivity index (χ3v) is 3.92. The van der Waals surface area contributed by atoms with Crippen molar-refractivity contribution in [1.29, 1.82) is 0 Å². The minimum absolute atomic E-state index is 0.0186. The monoisotopic (exact) mass is 360 g/mol. The first kappa shape index (κ1) is 16.8. The maximum atomic E-state index is 11.6. The van der Waals surface area contributed by atoms with Gasteiger partial charge in [-0.25, -0.2) is 0 Å². The molecule has 0 atom stereocenters. The molecule has 1 N–H and O–H groups in total. The topological polar surface area (TPSA) is 94.3 Å². The Morgan fingerprint density at radius 3 is 2.67 bits per heavy atom. The van der Waals surface area contributed by atoms with Crippen LogP contribution in [0.3, 0.4) is 0 Å². The van der Waals surface area contributed by atoms with E-state index in [0.29, 0.717) is 17.2 Å². The molecule has 4 aromatic rings. The Morgan fingerprint density at radius 1 is 1.07 bits per heavy atom. The smallest absolute Gasteiger partial charge is 0.250 e. The van der Waals surface area contributed by atoms with Gasteiger partial charge in [-0.15, -0.1) is 10.2 Å². The number of nitrogens with one attached hydrogen (secondary N) is 1. The van der Waals surface area contributed by atoms with Crippen molar-refractivity contribution in [2.24, 2.45) is 0 Å². The highest BCUT2D eigenvalue weighted by Crippen LogP contribution is 2.22. The Balaban J connectivity index is 1.65. The van der Waals surface area contributed by atoms with Gasteiger partial charge in [-0.1, -0.05) is 12.1 Å². The molecule has 27 heavy (non-hydrogen) atoms. The van der Waals surface area contributed by atoms with E-state index in [1.54, 1.807) is 16.9 Å². The van der Waals surface area contributed by atoms with Crippen LogP contribution in [0.1, 0.15) is 0 Å². The SMILES string of the molecule is COCC(=O)Nc1ccc(-c2ccc3nnc(-c4cccnc4)n3n2)cc1. The number of ether oxygens (including phenoxy) is 1. The van der Waals surface area contributed by atoms with Crippen LogP contribution in [0, 0.1) is 0 Å². The van der Waals surface area contributed by atoms with Gasteiger partial charge in [0, 0.05) is 36.3 Å². The normalized spacial score (nSPS) is 10.9. The minimum Gasteiger partial charge on any atom is -0.375 e. The van der Waals surface area contributed by atoms with Crippen molar-refractivity contribution in [1.82, 2.24) is 24.8 Å². The molecule has 0 aliphatic rings. The Labute approximate surface area is 154 Å². The second-order valence-electron chi connectivity index (χ2n) is 5.81. The molecule has 3 heterocycles. The summed E-state index contributed by atoms with van der Waals surface area (Å²) in [4.78, 5) is 15.7. The third-order valence-electron chi connectivity index (χ3n) is 3.92. The summed E-state index contributed by atoms with van der Waals surface area (Å²) < 4.78 is 6.50. The molecule has 0 unspecified atom stereocenters. The summed E-state index contributed by atoms with van der Waals surface area (Å²) in [5, 5.41) is 15.8. The molecule has 134 valence electrons. The van der Waals surface area contributed by atoms with Crippen molar-refractivity contribution >= 4 is 17.2 Å². The van der Waals surface area contributed by atoms with E-state index in [2.05, 4.69) is 25.6 Å². The van der Waals surface area contributed by atoms with E-state index in [1.165, 1.54) is 7.11 Å². The number of pyridine rings is 1. The van der Waals surface area contributed by atoms with E-state index in [0.717, 1.165) is 16.8 Å². The molecule has 1 amide bonds. The van der Waals surface area contributed by atoms with E-state index in [1.807, 2.05) is 48.5 Å². The Bertz CT molecular complexity index is 1080. The van der Waals surface area contributed by atoms with Gasteiger partial charge in [0.2, 0.25) is 5.91 Å². The van der Waals surface area contributed by atoms with Gasteiger partial charge >= 0.3 is 0 Å². The van der Waals surface area contributed by atoms with E-state index in [4.69, 9.17) is 4.74 Å². The standard InChI is InChI=1S/C19H16N6O2/c1-27-12-18(26)21-15-6-4-13(5-7-15)16-8-9-17-22-23-19(25(17)24-16)14-3-2-10-20-11-14/h2-11H,12H2,1H3,(H,21,26). The highest BCUT2D eigenvalue weighted by molar-refractivity contribution is 5.91. The second kappa shape index (κ2) is 7.30. The van der Waals surface area contributed by atoms with Gasteiger partial charge in [-0.3, -0.25) is 9.78 Å². The van der Waals surface area contributed by atoms with Gasteiger partial charge in [0.15, 0.2) is 11.5 Å². The molecule has 0 bridgehead atoms. The molecule has 0 saturated heterocycles. The molecule has 0 saturated carbocycles. The largest absolute Gasteiger partial charge is 0.375 e. The van der Waals surface area contributed by atoms with E-state index >= 15 is 0 Å². The summed E-state index contributed by atoms with van der Waals surface area (Å²) in [7, 11) is 1.48. The first-order valence-corrected chi connectivity index (χ1v) is 8.27. The zero-order valence-electron chi connectivity index (χ0n) is 14.5. The number of nitrogens with zero attached hydrogens (tertiary/aromatic N) is 5. The zero-order chi connectivity index (χ0) is 18.6. The molecule has 0 aliphatic carbocycles. The number of benzene rings is 1. The second-order valence-corrected chi connectivity index (χ2v) is 5.81. The van der Waals surface area contributed by atoms with Crippen molar-refractivity contribution in [2.75, 3.05) is 19.0 Å². The summed E-state index contributed by atoms with van der Waals surface area (Å²) in [6.45, 7) is 0.0186. The molecule has 0 aliphatic heterocycles. The van der Waals surface area contributed by atoms with Crippen LogP contribution in [0.5, 0.6) is 0 Å². The lowest BCUT2D eigenvalue weighted by Gasteiger charge is -2.06. The fraction of sp³-hybridized carbons (Fsp3) is 0.105. The van der Waals surface area contributed by atoms with Crippen LogP contribution in [-0.4, -0.2) is 44.4 Å². The van der Waals surface area contributed by atoms with Crippen LogP contribution in [0.2, 0.25) is 0 Å². The molecular weight excluding hydrogens is 344 g/mol. The van der Waals surface area contributed by atoms with Gasteiger partial charge in [0.05, 0.1) is 5.69 Å². The Morgan fingerprint density at radius 2 is 1.93 bits per heavy atom. The third kappa shape index (κ3) is 3.51. The fourth-order valence-corrected chi connectivity index (χ4v) is 2.67. The highest BCUT2D eigenvalue weighted by Gasteiger charge is 2.11. The van der Waals surface area contributed by atoms with Crippen LogP contribution in [0.25, 0.3) is 28.3 Å². The quantitative estimate of drug-likeness (QED) is 0.587. The highest BCUT2D eigenvalue weighted by atomic mass is 16.5. The molecule has 8 nitrogen and oxygen atoms in total. The van der Waals surface area contributed by atoms with Gasteiger partial charge in [-0.05, 0) is 36.4 Å². The van der Waals surface area contributed by atoms with Gasteiger partial charge < -0.3 is 10.1 Å². The predicted molar refractivity (Wildman–Crippen MR) is 100.0 cm³/mol. The first-order valence-electron chi connectivity index (χ1n) is 8.27. The number of methoxy groups -OCH3 is 1. The van der Waals surface area contributed by atoms with Crippen LogP contribution in [0.15, 0.2) is 60.9 Å². The van der Waals surface area contributed by atoms with Crippen LogP contribution < -0.4 is 5.32 Å². The Hall–Kier alpha value is -3.65. The van der Waals surface area contributed by atoms with E-state index < -0.39 is 0 Å². The zero-order valence-corrected chi connectivity index (χ0v) is 14.5. The van der Waals surface area contributed by atoms with Crippen LogP contribution >= 0.6 is 0 Å². The van der Waals surface area contributed by atoms with Crippen molar-refractivity contribution in [3.8, 4) is 22.6 Å². The maximum absolute atomic E-state index is 11.6. The molecular formula is C19H16N6O2. The van der Waals surface area contributed by atoms with Gasteiger partial charge in [0.25, 0.3) is 0 Å². The van der Waals surface area contributed by atoms with E-state index in [9.17, 15) is 4.79 Å². The molecule has 1 aromatic carbocycles. The molecule has 0 radical (unpaired) electrons. The average molecular weight is 360 g/mol. The summed E-state index contributed by atoms with van der Waals surface area (Å²) in [6.07, 6.45) is 3.43. The fourth-order valence-electron chi connectivity index (χ4n) is 2.67. The van der Waals surface area contributed by atoms with Crippen molar-refractivity contribution < 1.29 is 9.53 Å². The number of aromatic nitrogens is 5. The number of amides is 1. The summed E-state index contributed by atoms with van der Waals surface area (Å²) >= 11 is 0. The van der Waals surface area contributed by atoms with Gasteiger partial charge in [0.1, 0.15) is 6.61 Å². The number of anilines is 1. The lowest BCUT2D eigenvalue weighted by atomic mass is 10.1. The van der Waals surface area contributed by atoms with Crippen LogP contribution in [-0.2, 0) is 9.53 Å². The van der Waals surface area contributed by atoms with Crippen molar-refractivity contribution in [3.05, 3.63) is 60.9 Å². The number of rotatable bonds is 5.